The minimum absolute atomic E-state index is 0.00773. The van der Waals surface area contributed by atoms with Crippen LogP contribution >= 0.6 is 0 Å². The molecule has 0 fully saturated rings. The fraction of sp³-hybridized carbons (Fsp3) is 0.200. The van der Waals surface area contributed by atoms with E-state index in [1.54, 1.807) is 24.3 Å². The Kier molecular flexibility index (Phi) is 4.72. The van der Waals surface area contributed by atoms with Crippen LogP contribution in [0.3, 0.4) is 0 Å². The third-order valence-electron chi connectivity index (χ3n) is 2.99. The summed E-state index contributed by atoms with van der Waals surface area (Å²) in [4.78, 5) is -0.00773. The maximum absolute atomic E-state index is 14.0. The molecule has 2 aromatic carbocycles. The number of rotatable bonds is 5. The summed E-state index contributed by atoms with van der Waals surface area (Å²) >= 11 is 0. The van der Waals surface area contributed by atoms with Crippen LogP contribution < -0.4 is 4.72 Å². The van der Waals surface area contributed by atoms with Gasteiger partial charge in [0.25, 0.3) is 0 Å². The van der Waals surface area contributed by atoms with Crippen molar-refractivity contribution in [1.82, 2.24) is 4.72 Å². The van der Waals surface area contributed by atoms with Crippen molar-refractivity contribution in [3.8, 4) is 11.1 Å². The van der Waals surface area contributed by atoms with Gasteiger partial charge in [-0.3, -0.25) is 0 Å². The molecule has 6 heteroatoms. The van der Waals surface area contributed by atoms with Crippen LogP contribution in [0.5, 0.6) is 0 Å². The number of aliphatic hydroxyl groups excluding tert-OH is 1. The first kappa shape index (κ1) is 15.6. The van der Waals surface area contributed by atoms with E-state index in [2.05, 4.69) is 4.72 Å². The summed E-state index contributed by atoms with van der Waals surface area (Å²) in [5, 5.41) is 8.76. The molecule has 0 aliphatic carbocycles. The summed E-state index contributed by atoms with van der Waals surface area (Å²) in [5.41, 5.74) is 1.36. The molecule has 0 aliphatic heterocycles. The fourth-order valence-electron chi connectivity index (χ4n) is 2.03. The molecule has 0 aromatic heterocycles. The van der Waals surface area contributed by atoms with Crippen LogP contribution in [0.4, 0.5) is 4.39 Å². The Morgan fingerprint density at radius 2 is 1.86 bits per heavy atom. The first-order valence-corrected chi connectivity index (χ1v) is 7.90. The average molecular weight is 309 g/mol. The van der Waals surface area contributed by atoms with Gasteiger partial charge < -0.3 is 5.11 Å². The van der Waals surface area contributed by atoms with Crippen LogP contribution in [0.1, 0.15) is 5.56 Å². The first-order chi connectivity index (χ1) is 9.95. The van der Waals surface area contributed by atoms with E-state index in [4.69, 9.17) is 5.11 Å². The monoisotopic (exact) mass is 309 g/mol. The maximum atomic E-state index is 14.0. The highest BCUT2D eigenvalue weighted by atomic mass is 32.2. The summed E-state index contributed by atoms with van der Waals surface area (Å²) in [5.74, 6) is -0.485. The van der Waals surface area contributed by atoms with Gasteiger partial charge in [0, 0.05) is 17.7 Å². The van der Waals surface area contributed by atoms with E-state index >= 15 is 0 Å². The van der Waals surface area contributed by atoms with Crippen molar-refractivity contribution in [2.45, 2.75) is 11.8 Å². The first-order valence-electron chi connectivity index (χ1n) is 6.42. The van der Waals surface area contributed by atoms with E-state index in [9.17, 15) is 12.8 Å². The normalized spacial score (nSPS) is 11.6. The molecular formula is C15H16FNO3S. The Morgan fingerprint density at radius 1 is 1.14 bits per heavy atom. The van der Waals surface area contributed by atoms with E-state index < -0.39 is 15.8 Å². The number of benzene rings is 2. The van der Waals surface area contributed by atoms with E-state index in [0.717, 1.165) is 5.56 Å². The van der Waals surface area contributed by atoms with Crippen LogP contribution in [0.15, 0.2) is 47.4 Å². The summed E-state index contributed by atoms with van der Waals surface area (Å²) in [6.45, 7) is 1.41. The highest BCUT2D eigenvalue weighted by Crippen LogP contribution is 2.30. The second-order valence-electron chi connectivity index (χ2n) is 4.60. The van der Waals surface area contributed by atoms with Gasteiger partial charge in [-0.25, -0.2) is 17.5 Å². The highest BCUT2D eigenvalue weighted by Gasteiger charge is 2.20. The molecule has 112 valence electrons. The van der Waals surface area contributed by atoms with Gasteiger partial charge in [0.1, 0.15) is 5.82 Å². The molecule has 0 saturated carbocycles. The van der Waals surface area contributed by atoms with E-state index in [0.29, 0.717) is 5.56 Å². The number of halogens is 1. The smallest absolute Gasteiger partial charge is 0.241 e. The molecule has 0 aliphatic rings. The van der Waals surface area contributed by atoms with Gasteiger partial charge in [0.15, 0.2) is 0 Å². The zero-order valence-electron chi connectivity index (χ0n) is 11.5. The van der Waals surface area contributed by atoms with Gasteiger partial charge >= 0.3 is 0 Å². The van der Waals surface area contributed by atoms with Gasteiger partial charge in [0.05, 0.1) is 11.5 Å². The van der Waals surface area contributed by atoms with Gasteiger partial charge in [-0.1, -0.05) is 29.8 Å². The average Bonchev–Trinajstić information content (AvgIpc) is 2.45. The lowest BCUT2D eigenvalue weighted by molar-refractivity contribution is 0.301. The molecule has 0 atom stereocenters. The van der Waals surface area contributed by atoms with E-state index in [1.165, 1.54) is 18.2 Å². The summed E-state index contributed by atoms with van der Waals surface area (Å²) in [6.07, 6.45) is 0. The molecule has 0 unspecified atom stereocenters. The quantitative estimate of drug-likeness (QED) is 0.888. The molecule has 2 N–H and O–H groups in total. The van der Waals surface area contributed by atoms with Crippen molar-refractivity contribution in [3.05, 3.63) is 53.8 Å². The van der Waals surface area contributed by atoms with Crippen molar-refractivity contribution in [3.63, 3.8) is 0 Å². The molecule has 0 bridgehead atoms. The Morgan fingerprint density at radius 3 is 2.52 bits per heavy atom. The molecule has 2 rings (SSSR count). The Hall–Kier alpha value is -1.76. The SMILES string of the molecule is Cc1ccc(S(=O)(=O)NCCO)c(-c2ccccc2F)c1. The van der Waals surface area contributed by atoms with Crippen molar-refractivity contribution in [1.29, 1.82) is 0 Å². The third kappa shape index (κ3) is 3.47. The number of aryl methyl sites for hydroxylation is 1. The molecule has 0 radical (unpaired) electrons. The van der Waals surface area contributed by atoms with Crippen LogP contribution in [0, 0.1) is 12.7 Å². The van der Waals surface area contributed by atoms with Crippen molar-refractivity contribution in [2.24, 2.45) is 0 Å². The number of sulfonamides is 1. The summed E-state index contributed by atoms with van der Waals surface area (Å²) in [6, 6.07) is 10.7. The van der Waals surface area contributed by atoms with Crippen LogP contribution in [-0.2, 0) is 10.0 Å². The second-order valence-corrected chi connectivity index (χ2v) is 6.34. The molecular weight excluding hydrogens is 293 g/mol. The van der Waals surface area contributed by atoms with Gasteiger partial charge in [0.2, 0.25) is 10.0 Å². The number of hydrogen-bond donors (Lipinski definition) is 2. The van der Waals surface area contributed by atoms with Crippen LogP contribution in [-0.4, -0.2) is 26.7 Å². The number of aliphatic hydroxyl groups is 1. The third-order valence-corrected chi connectivity index (χ3v) is 4.51. The van der Waals surface area contributed by atoms with Gasteiger partial charge in [-0.2, -0.15) is 0 Å². The Balaban J connectivity index is 2.62. The summed E-state index contributed by atoms with van der Waals surface area (Å²) < 4.78 is 40.8. The lowest BCUT2D eigenvalue weighted by atomic mass is 10.0. The number of nitrogens with one attached hydrogen (secondary N) is 1. The Labute approximate surface area is 123 Å². The highest BCUT2D eigenvalue weighted by molar-refractivity contribution is 7.89. The lowest BCUT2D eigenvalue weighted by Crippen LogP contribution is -2.27. The fourth-order valence-corrected chi connectivity index (χ4v) is 3.25. The van der Waals surface area contributed by atoms with Crippen molar-refractivity contribution < 1.29 is 17.9 Å². The zero-order chi connectivity index (χ0) is 15.5. The second kappa shape index (κ2) is 6.34. The van der Waals surface area contributed by atoms with E-state index in [1.807, 2.05) is 6.92 Å². The topological polar surface area (TPSA) is 66.4 Å². The summed E-state index contributed by atoms with van der Waals surface area (Å²) in [7, 11) is -3.81. The van der Waals surface area contributed by atoms with Crippen LogP contribution in [0.2, 0.25) is 0 Å². The predicted octanol–water partition coefficient (Wildman–Crippen LogP) is 2.07. The van der Waals surface area contributed by atoms with Crippen molar-refractivity contribution in [2.75, 3.05) is 13.2 Å². The lowest BCUT2D eigenvalue weighted by Gasteiger charge is -2.13. The molecule has 0 saturated heterocycles. The molecule has 21 heavy (non-hydrogen) atoms. The molecule has 0 spiro atoms. The number of hydrogen-bond acceptors (Lipinski definition) is 3. The molecule has 2 aromatic rings. The maximum Gasteiger partial charge on any atom is 0.241 e. The molecule has 4 nitrogen and oxygen atoms in total. The standard InChI is InChI=1S/C15H16FNO3S/c1-11-6-7-15(21(19,20)17-8-9-18)13(10-11)12-4-2-3-5-14(12)16/h2-7,10,17-18H,8-9H2,1H3. The Bertz CT molecular complexity index is 744. The minimum atomic E-state index is -3.81. The molecule has 0 heterocycles. The van der Waals surface area contributed by atoms with Gasteiger partial charge in [-0.15, -0.1) is 0 Å². The predicted molar refractivity (Wildman–Crippen MR) is 78.8 cm³/mol. The largest absolute Gasteiger partial charge is 0.395 e. The van der Waals surface area contributed by atoms with Crippen molar-refractivity contribution >= 4 is 10.0 Å². The van der Waals surface area contributed by atoms with Crippen LogP contribution in [0.25, 0.3) is 11.1 Å². The molecule has 0 amide bonds. The van der Waals surface area contributed by atoms with Gasteiger partial charge in [-0.05, 0) is 25.1 Å². The van der Waals surface area contributed by atoms with E-state index in [-0.39, 0.29) is 23.6 Å². The minimum Gasteiger partial charge on any atom is -0.395 e. The zero-order valence-corrected chi connectivity index (χ0v) is 12.3.